The van der Waals surface area contributed by atoms with Crippen LogP contribution in [-0.4, -0.2) is 43.4 Å². The molecule has 0 aromatic heterocycles. The Morgan fingerprint density at radius 1 is 1.06 bits per heavy atom. The third-order valence-electron chi connectivity index (χ3n) is 8.43. The number of nitrogens with zero attached hydrogens (tertiary/aromatic N) is 1. The molecule has 1 spiro atoms. The lowest BCUT2D eigenvalue weighted by atomic mass is 9.60. The standard InChI is InChI=1S/C28H36N2O/c1-20(2)23-8-10-26-24(16-23)9-11-27(28(26)19-29-17-25(28)18-31)30-14-12-22(13-15-30)21-6-4-3-5-7-21/h3-8,10,16,18,20,22,25,27,29H,9,11-15,17,19H2,1-2H3/t25-,27?,28+/m0/s1. The first-order valence-electron chi connectivity index (χ1n) is 12.2. The normalized spacial score (nSPS) is 29.4. The fourth-order valence-corrected chi connectivity index (χ4v) is 6.72. The zero-order chi connectivity index (χ0) is 21.4. The molecule has 2 aliphatic heterocycles. The molecule has 1 aliphatic carbocycles. The van der Waals surface area contributed by atoms with Crippen LogP contribution in [0.3, 0.4) is 0 Å². The molecule has 1 unspecified atom stereocenters. The number of aldehydes is 1. The van der Waals surface area contributed by atoms with Gasteiger partial charge in [-0.3, -0.25) is 4.90 Å². The van der Waals surface area contributed by atoms with Crippen molar-refractivity contribution in [1.82, 2.24) is 10.2 Å². The molecule has 3 nitrogen and oxygen atoms in total. The molecule has 0 saturated carbocycles. The SMILES string of the molecule is CC(C)c1ccc2c(c1)CCC(N1CCC(c3ccccc3)CC1)[C@@]21CNC[C@H]1C=O. The minimum atomic E-state index is -0.0789. The third kappa shape index (κ3) is 3.56. The van der Waals surface area contributed by atoms with Gasteiger partial charge in [-0.15, -0.1) is 0 Å². The Morgan fingerprint density at radius 2 is 1.84 bits per heavy atom. The van der Waals surface area contributed by atoms with E-state index in [4.69, 9.17) is 0 Å². The molecule has 0 bridgehead atoms. The van der Waals surface area contributed by atoms with Crippen molar-refractivity contribution in [3.8, 4) is 0 Å². The van der Waals surface area contributed by atoms with Crippen molar-refractivity contribution >= 4 is 6.29 Å². The Bertz CT molecular complexity index is 916. The van der Waals surface area contributed by atoms with Crippen molar-refractivity contribution in [3.63, 3.8) is 0 Å². The minimum Gasteiger partial charge on any atom is -0.315 e. The summed E-state index contributed by atoms with van der Waals surface area (Å²) in [6.07, 6.45) is 5.97. The molecule has 3 aliphatic rings. The second kappa shape index (κ2) is 8.52. The maximum absolute atomic E-state index is 12.3. The molecular formula is C28H36N2O. The summed E-state index contributed by atoms with van der Waals surface area (Å²) >= 11 is 0. The molecule has 164 valence electrons. The zero-order valence-electron chi connectivity index (χ0n) is 19.0. The van der Waals surface area contributed by atoms with Crippen molar-refractivity contribution in [3.05, 3.63) is 70.8 Å². The van der Waals surface area contributed by atoms with Gasteiger partial charge in [0.05, 0.1) is 0 Å². The Morgan fingerprint density at radius 3 is 2.55 bits per heavy atom. The van der Waals surface area contributed by atoms with Gasteiger partial charge in [-0.2, -0.15) is 0 Å². The Labute approximate surface area is 187 Å². The van der Waals surface area contributed by atoms with Crippen LogP contribution in [0.15, 0.2) is 48.5 Å². The Hall–Kier alpha value is -1.97. The highest BCUT2D eigenvalue weighted by molar-refractivity contribution is 5.62. The summed E-state index contributed by atoms with van der Waals surface area (Å²) in [4.78, 5) is 15.0. The molecule has 2 aromatic carbocycles. The van der Waals surface area contributed by atoms with E-state index >= 15 is 0 Å². The predicted octanol–water partition coefficient (Wildman–Crippen LogP) is 4.66. The van der Waals surface area contributed by atoms with Gasteiger partial charge in [0.1, 0.15) is 6.29 Å². The molecule has 2 heterocycles. The summed E-state index contributed by atoms with van der Waals surface area (Å²) in [5.41, 5.74) is 5.76. The van der Waals surface area contributed by atoms with Crippen molar-refractivity contribution in [2.75, 3.05) is 26.2 Å². The number of aryl methyl sites for hydroxylation is 1. The van der Waals surface area contributed by atoms with E-state index in [9.17, 15) is 4.79 Å². The molecule has 2 fully saturated rings. The van der Waals surface area contributed by atoms with Gasteiger partial charge in [-0.1, -0.05) is 62.4 Å². The van der Waals surface area contributed by atoms with Crippen molar-refractivity contribution in [1.29, 1.82) is 0 Å². The highest BCUT2D eigenvalue weighted by Crippen LogP contribution is 2.48. The maximum atomic E-state index is 12.3. The van der Waals surface area contributed by atoms with Crippen LogP contribution in [0, 0.1) is 5.92 Å². The van der Waals surface area contributed by atoms with Gasteiger partial charge in [0.15, 0.2) is 0 Å². The van der Waals surface area contributed by atoms with Gasteiger partial charge in [-0.05, 0) is 72.9 Å². The summed E-state index contributed by atoms with van der Waals surface area (Å²) in [6.45, 7) is 8.55. The van der Waals surface area contributed by atoms with Gasteiger partial charge >= 0.3 is 0 Å². The third-order valence-corrected chi connectivity index (χ3v) is 8.43. The fraction of sp³-hybridized carbons (Fsp3) is 0.536. The van der Waals surface area contributed by atoms with E-state index in [0.29, 0.717) is 17.9 Å². The van der Waals surface area contributed by atoms with Crippen LogP contribution in [0.5, 0.6) is 0 Å². The Kier molecular flexibility index (Phi) is 5.75. The Balaban J connectivity index is 1.44. The second-order valence-electron chi connectivity index (χ2n) is 10.3. The van der Waals surface area contributed by atoms with Crippen LogP contribution in [0.25, 0.3) is 0 Å². The molecule has 1 N–H and O–H groups in total. The summed E-state index contributed by atoms with van der Waals surface area (Å²) in [7, 11) is 0. The molecular weight excluding hydrogens is 380 g/mol. The number of hydrogen-bond donors (Lipinski definition) is 1. The van der Waals surface area contributed by atoms with Crippen LogP contribution < -0.4 is 5.32 Å². The average molecular weight is 417 g/mol. The average Bonchev–Trinajstić information content (AvgIpc) is 3.23. The molecule has 0 radical (unpaired) electrons. The maximum Gasteiger partial charge on any atom is 0.125 e. The predicted molar refractivity (Wildman–Crippen MR) is 127 cm³/mol. The van der Waals surface area contributed by atoms with E-state index < -0.39 is 0 Å². The number of rotatable bonds is 4. The molecule has 2 saturated heterocycles. The van der Waals surface area contributed by atoms with Crippen LogP contribution in [-0.2, 0) is 16.6 Å². The second-order valence-corrected chi connectivity index (χ2v) is 10.3. The number of carbonyl (C=O) groups excluding carboxylic acids is 1. The number of benzene rings is 2. The van der Waals surface area contributed by atoms with Crippen molar-refractivity contribution < 1.29 is 4.79 Å². The molecule has 3 atom stereocenters. The monoisotopic (exact) mass is 416 g/mol. The summed E-state index contributed by atoms with van der Waals surface area (Å²) in [5.74, 6) is 1.27. The first-order chi connectivity index (χ1) is 15.1. The van der Waals surface area contributed by atoms with E-state index in [-0.39, 0.29) is 11.3 Å². The van der Waals surface area contributed by atoms with Gasteiger partial charge < -0.3 is 10.1 Å². The quantitative estimate of drug-likeness (QED) is 0.736. The molecule has 5 rings (SSSR count). The lowest BCUT2D eigenvalue weighted by Crippen LogP contribution is -2.59. The zero-order valence-corrected chi connectivity index (χ0v) is 19.0. The first-order valence-corrected chi connectivity index (χ1v) is 12.2. The summed E-state index contributed by atoms with van der Waals surface area (Å²) < 4.78 is 0. The fourth-order valence-electron chi connectivity index (χ4n) is 6.72. The van der Waals surface area contributed by atoms with Crippen LogP contribution in [0.1, 0.15) is 67.2 Å². The number of likely N-dealkylation sites (tertiary alicyclic amines) is 1. The van der Waals surface area contributed by atoms with Crippen LogP contribution in [0.2, 0.25) is 0 Å². The molecule has 0 amide bonds. The number of piperidine rings is 1. The molecule has 2 aromatic rings. The van der Waals surface area contributed by atoms with Gasteiger partial charge in [-0.25, -0.2) is 0 Å². The topological polar surface area (TPSA) is 32.3 Å². The van der Waals surface area contributed by atoms with Gasteiger partial charge in [0.25, 0.3) is 0 Å². The van der Waals surface area contributed by atoms with Crippen LogP contribution >= 0.6 is 0 Å². The number of nitrogens with one attached hydrogen (secondary N) is 1. The lowest BCUT2D eigenvalue weighted by molar-refractivity contribution is -0.113. The van der Waals surface area contributed by atoms with Crippen LogP contribution in [0.4, 0.5) is 0 Å². The molecule has 31 heavy (non-hydrogen) atoms. The van der Waals surface area contributed by atoms with Crippen molar-refractivity contribution in [2.45, 2.75) is 62.8 Å². The van der Waals surface area contributed by atoms with E-state index in [1.165, 1.54) is 41.4 Å². The molecule has 3 heteroatoms. The first kappa shape index (κ1) is 20.9. The van der Waals surface area contributed by atoms with E-state index in [2.05, 4.69) is 72.6 Å². The van der Waals surface area contributed by atoms with Crippen molar-refractivity contribution in [2.24, 2.45) is 5.92 Å². The number of hydrogen-bond acceptors (Lipinski definition) is 3. The summed E-state index contributed by atoms with van der Waals surface area (Å²) in [6, 6.07) is 18.6. The smallest absolute Gasteiger partial charge is 0.125 e. The summed E-state index contributed by atoms with van der Waals surface area (Å²) in [5, 5.41) is 3.61. The number of carbonyl (C=O) groups is 1. The van der Waals surface area contributed by atoms with E-state index in [0.717, 1.165) is 39.0 Å². The van der Waals surface area contributed by atoms with Gasteiger partial charge in [0.2, 0.25) is 0 Å². The highest BCUT2D eigenvalue weighted by atomic mass is 16.1. The van der Waals surface area contributed by atoms with Gasteiger partial charge in [0, 0.05) is 30.5 Å². The number of fused-ring (bicyclic) bond motifs is 2. The lowest BCUT2D eigenvalue weighted by Gasteiger charge is -2.51. The highest BCUT2D eigenvalue weighted by Gasteiger charge is 2.54. The van der Waals surface area contributed by atoms with E-state index in [1.54, 1.807) is 0 Å². The minimum absolute atomic E-state index is 0.0632. The largest absolute Gasteiger partial charge is 0.315 e. The van der Waals surface area contributed by atoms with E-state index in [1.807, 2.05) is 0 Å².